The van der Waals surface area contributed by atoms with Crippen LogP contribution in [0.25, 0.3) is 0 Å². The van der Waals surface area contributed by atoms with Crippen LogP contribution in [0.5, 0.6) is 11.5 Å². The van der Waals surface area contributed by atoms with Gasteiger partial charge in [-0.25, -0.2) is 0 Å². The molecule has 1 saturated heterocycles. The minimum absolute atomic E-state index is 0.0664. The van der Waals surface area contributed by atoms with Gasteiger partial charge in [0.25, 0.3) is 0 Å². The van der Waals surface area contributed by atoms with Crippen LogP contribution in [-0.2, 0) is 41.5 Å². The average molecular weight is 1130 g/mol. The second-order valence-electron chi connectivity index (χ2n) is 19.6. The fourth-order valence-corrected chi connectivity index (χ4v) is 10.5. The van der Waals surface area contributed by atoms with Crippen molar-refractivity contribution in [3.63, 3.8) is 0 Å². The Morgan fingerprint density at radius 2 is 1.04 bits per heavy atom. The maximum absolute atomic E-state index is 13.0. The summed E-state index contributed by atoms with van der Waals surface area (Å²) in [5, 5.41) is 8.95. The van der Waals surface area contributed by atoms with Gasteiger partial charge in [0.15, 0.2) is 13.5 Å². The standard InChI is InChI=1S/C58H74Cl4N6O8/c59-47-15-13-17-49(57(47)61)64-31-30-63-29-9-11-37-73-45-25-21-43-23-27-53(69)67(51(43)39-45)41-75-55(71)19-7-5-3-1-2-4-6-8-20-56(72)76-42-68-52-40-46(26-22-44(52)24-28-54(68)70)74-38-12-10-32-65-33-35-66(36-34-65)50-18-14-16-48(60)58(50)62/h13-18,21-22,25-26,39-40,63-64H,1-12,19-20,23-24,27-38,41-42H2. The van der Waals surface area contributed by atoms with Crippen LogP contribution in [-0.4, -0.2) is 108 Å². The number of carbonyl (C=O) groups excluding carboxylic acids is 4. The molecule has 0 saturated carbocycles. The zero-order valence-electron chi connectivity index (χ0n) is 43.7. The van der Waals surface area contributed by atoms with Crippen LogP contribution in [0.3, 0.4) is 0 Å². The van der Waals surface area contributed by atoms with Gasteiger partial charge in [0.2, 0.25) is 11.8 Å². The van der Waals surface area contributed by atoms with E-state index in [2.05, 4.69) is 20.4 Å². The molecule has 3 aliphatic rings. The summed E-state index contributed by atoms with van der Waals surface area (Å²) in [5.41, 5.74) is 5.35. The summed E-state index contributed by atoms with van der Waals surface area (Å²) in [7, 11) is 0. The molecule has 18 heteroatoms. The van der Waals surface area contributed by atoms with E-state index in [9.17, 15) is 19.2 Å². The van der Waals surface area contributed by atoms with Gasteiger partial charge in [0.05, 0.1) is 56.1 Å². The second-order valence-corrected chi connectivity index (χ2v) is 21.2. The van der Waals surface area contributed by atoms with Crippen molar-refractivity contribution in [2.45, 2.75) is 116 Å². The Bertz CT molecular complexity index is 2530. The summed E-state index contributed by atoms with van der Waals surface area (Å²) in [6.45, 7) is 7.97. The Balaban J connectivity index is 0.684. The predicted molar refractivity (Wildman–Crippen MR) is 305 cm³/mol. The average Bonchev–Trinajstić information content (AvgIpc) is 3.44. The highest BCUT2D eigenvalue weighted by molar-refractivity contribution is 6.44. The lowest BCUT2D eigenvalue weighted by Gasteiger charge is -2.36. The lowest BCUT2D eigenvalue weighted by Crippen LogP contribution is -2.46. The molecule has 0 atom stereocenters. The monoisotopic (exact) mass is 1120 g/mol. The molecule has 2 N–H and O–H groups in total. The van der Waals surface area contributed by atoms with E-state index in [4.69, 9.17) is 65.4 Å². The Hall–Kier alpha value is -4.96. The maximum atomic E-state index is 13.0. The van der Waals surface area contributed by atoms with E-state index in [1.54, 1.807) is 15.9 Å². The van der Waals surface area contributed by atoms with Gasteiger partial charge in [0, 0.05) is 77.1 Å². The summed E-state index contributed by atoms with van der Waals surface area (Å²) in [6.07, 6.45) is 13.7. The first-order valence-electron chi connectivity index (χ1n) is 27.3. The molecule has 3 aliphatic heterocycles. The number of carbonyl (C=O) groups is 4. The van der Waals surface area contributed by atoms with Crippen LogP contribution in [0.4, 0.5) is 22.7 Å². The van der Waals surface area contributed by atoms with Crippen molar-refractivity contribution in [3.8, 4) is 11.5 Å². The molecule has 14 nitrogen and oxygen atoms in total. The largest absolute Gasteiger partial charge is 0.494 e. The number of esters is 2. The van der Waals surface area contributed by atoms with Crippen LogP contribution in [0.1, 0.15) is 114 Å². The number of hydrogen-bond donors (Lipinski definition) is 2. The number of ether oxygens (including phenoxy) is 4. The van der Waals surface area contributed by atoms with Crippen molar-refractivity contribution >= 4 is 92.9 Å². The number of aryl methyl sites for hydroxylation is 2. The fraction of sp³-hybridized carbons (Fsp3) is 0.517. The number of hydrogen-bond acceptors (Lipinski definition) is 12. The highest BCUT2D eigenvalue weighted by atomic mass is 35.5. The Morgan fingerprint density at radius 3 is 1.62 bits per heavy atom. The van der Waals surface area contributed by atoms with Crippen LogP contribution < -0.4 is 34.8 Å². The molecule has 4 aromatic carbocycles. The van der Waals surface area contributed by atoms with E-state index in [0.29, 0.717) is 83.3 Å². The topological polar surface area (TPSA) is 142 Å². The molecule has 0 unspecified atom stereocenters. The van der Waals surface area contributed by atoms with E-state index in [0.717, 1.165) is 163 Å². The molecule has 7 rings (SSSR count). The van der Waals surface area contributed by atoms with Crippen molar-refractivity contribution in [1.82, 2.24) is 10.2 Å². The van der Waals surface area contributed by atoms with Crippen molar-refractivity contribution < 1.29 is 38.1 Å². The molecular formula is C58H74Cl4N6O8. The first-order chi connectivity index (χ1) is 37.0. The van der Waals surface area contributed by atoms with Crippen molar-refractivity contribution in [2.24, 2.45) is 0 Å². The van der Waals surface area contributed by atoms with Gasteiger partial charge in [-0.3, -0.25) is 33.9 Å². The predicted octanol–water partition coefficient (Wildman–Crippen LogP) is 12.3. The first kappa shape index (κ1) is 58.7. The zero-order valence-corrected chi connectivity index (χ0v) is 46.7. The smallest absolute Gasteiger partial charge is 0.307 e. The highest BCUT2D eigenvalue weighted by Gasteiger charge is 2.28. The molecule has 0 aliphatic carbocycles. The number of halogens is 4. The fourth-order valence-electron chi connectivity index (χ4n) is 9.68. The van der Waals surface area contributed by atoms with E-state index in [-0.39, 0.29) is 37.2 Å². The quantitative estimate of drug-likeness (QED) is 0.0355. The summed E-state index contributed by atoms with van der Waals surface area (Å²) < 4.78 is 23.4. The van der Waals surface area contributed by atoms with Gasteiger partial charge >= 0.3 is 11.9 Å². The van der Waals surface area contributed by atoms with Crippen molar-refractivity contribution in [1.29, 1.82) is 0 Å². The Morgan fingerprint density at radius 1 is 0.513 bits per heavy atom. The molecule has 3 heterocycles. The van der Waals surface area contributed by atoms with Crippen LogP contribution in [0.2, 0.25) is 20.1 Å². The van der Waals surface area contributed by atoms with Gasteiger partial charge in [-0.05, 0) is 112 Å². The minimum Gasteiger partial charge on any atom is -0.494 e. The first-order valence-corrected chi connectivity index (χ1v) is 28.8. The molecule has 0 radical (unpaired) electrons. The number of piperazine rings is 1. The Kier molecular flexibility index (Phi) is 24.3. The third kappa shape index (κ3) is 18.3. The van der Waals surface area contributed by atoms with Gasteiger partial charge in [0.1, 0.15) is 11.5 Å². The van der Waals surface area contributed by atoms with E-state index >= 15 is 0 Å². The summed E-state index contributed by atoms with van der Waals surface area (Å²) in [6, 6.07) is 22.9. The number of rotatable bonds is 32. The number of unbranched alkanes of at least 4 members (excludes halogenated alkanes) is 9. The van der Waals surface area contributed by atoms with E-state index in [1.807, 2.05) is 66.7 Å². The molecule has 412 valence electrons. The molecule has 4 aromatic rings. The number of nitrogens with zero attached hydrogens (tertiary/aromatic N) is 4. The summed E-state index contributed by atoms with van der Waals surface area (Å²) in [4.78, 5) is 59.2. The third-order valence-corrected chi connectivity index (χ3v) is 15.7. The third-order valence-electron chi connectivity index (χ3n) is 14.1. The number of fused-ring (bicyclic) bond motifs is 2. The highest BCUT2D eigenvalue weighted by Crippen LogP contribution is 2.35. The molecular weight excluding hydrogens is 1050 g/mol. The summed E-state index contributed by atoms with van der Waals surface area (Å²) in [5.74, 6) is 0.617. The number of nitrogens with one attached hydrogen (secondary N) is 2. The van der Waals surface area contributed by atoms with Crippen molar-refractivity contribution in [3.05, 3.63) is 104 Å². The molecule has 0 bridgehead atoms. The van der Waals surface area contributed by atoms with Crippen LogP contribution >= 0.6 is 46.4 Å². The normalized spacial score (nSPS) is 14.6. The maximum Gasteiger partial charge on any atom is 0.307 e. The van der Waals surface area contributed by atoms with Crippen LogP contribution in [0, 0.1) is 0 Å². The Labute approximate surface area is 468 Å². The molecule has 2 amide bonds. The number of benzene rings is 4. The number of anilines is 4. The van der Waals surface area contributed by atoms with E-state index in [1.165, 1.54) is 0 Å². The van der Waals surface area contributed by atoms with Gasteiger partial charge in [-0.2, -0.15) is 0 Å². The van der Waals surface area contributed by atoms with Gasteiger partial charge < -0.3 is 34.5 Å². The van der Waals surface area contributed by atoms with Gasteiger partial charge in [-0.1, -0.05) is 109 Å². The lowest BCUT2D eigenvalue weighted by molar-refractivity contribution is -0.145. The van der Waals surface area contributed by atoms with Crippen molar-refractivity contribution in [2.75, 3.05) is 99.0 Å². The molecule has 0 spiro atoms. The zero-order chi connectivity index (χ0) is 53.5. The summed E-state index contributed by atoms with van der Waals surface area (Å²) >= 11 is 25.0. The molecule has 76 heavy (non-hydrogen) atoms. The molecule has 1 fully saturated rings. The number of amides is 2. The van der Waals surface area contributed by atoms with Gasteiger partial charge in [-0.15, -0.1) is 0 Å². The minimum atomic E-state index is -0.314. The SMILES string of the molecule is O=C(CCCCCCCCCCC(=O)OCN1C(=O)CCc2ccc(OCCCCN3CCN(c4cccc(Cl)c4Cl)CC3)cc21)OCN1C(=O)CCc2ccc(OCCCCNCCNc3cccc(Cl)c3Cl)cc21. The second kappa shape index (κ2) is 31.4. The van der Waals surface area contributed by atoms with Crippen LogP contribution in [0.15, 0.2) is 72.8 Å². The van der Waals surface area contributed by atoms with E-state index < -0.39 is 0 Å². The lowest BCUT2D eigenvalue weighted by atomic mass is 10.0. The molecule has 0 aromatic heterocycles.